The Kier molecular flexibility index (Phi) is 7.58. The molecule has 1 aliphatic rings. The zero-order chi connectivity index (χ0) is 37.3. The molecule has 0 aliphatic heterocycles. The molecule has 0 saturated heterocycles. The molecule has 55 heavy (non-hydrogen) atoms. The molecule has 9 aromatic rings. The second kappa shape index (κ2) is 12.6. The molecular weight excluding hydrogens is 663 g/mol. The van der Waals surface area contributed by atoms with Gasteiger partial charge in [-0.3, -0.25) is 0 Å². The van der Waals surface area contributed by atoms with Gasteiger partial charge in [-0.2, -0.15) is 0 Å². The van der Waals surface area contributed by atoms with Crippen LogP contribution < -0.4 is 4.90 Å². The number of anilines is 3. The lowest BCUT2D eigenvalue weighted by atomic mass is 9.55. The van der Waals surface area contributed by atoms with Gasteiger partial charge < -0.3 is 4.90 Å². The Hall–Kier alpha value is -6.44. The summed E-state index contributed by atoms with van der Waals surface area (Å²) in [5.41, 5.74) is 13.6. The van der Waals surface area contributed by atoms with Gasteiger partial charge in [0.25, 0.3) is 0 Å². The minimum atomic E-state index is -0.0587. The minimum absolute atomic E-state index is 0.0208. The first-order valence-electron chi connectivity index (χ1n) is 19.4. The molecule has 1 aliphatic carbocycles. The first kappa shape index (κ1) is 33.2. The zero-order valence-corrected chi connectivity index (χ0v) is 31.8. The quantitative estimate of drug-likeness (QED) is 0.161. The van der Waals surface area contributed by atoms with E-state index in [1.165, 1.54) is 76.8 Å². The average Bonchev–Trinajstić information content (AvgIpc) is 3.24. The first-order valence-corrected chi connectivity index (χ1v) is 19.4. The van der Waals surface area contributed by atoms with E-state index in [0.29, 0.717) is 0 Å². The molecule has 1 heteroatoms. The lowest BCUT2D eigenvalue weighted by Gasteiger charge is -2.48. The third-order valence-electron chi connectivity index (χ3n) is 12.8. The lowest BCUT2D eigenvalue weighted by molar-refractivity contribution is 0.299. The average molecular weight is 706 g/mol. The van der Waals surface area contributed by atoms with Crippen LogP contribution in [0.5, 0.6) is 0 Å². The van der Waals surface area contributed by atoms with Crippen molar-refractivity contribution in [1.29, 1.82) is 0 Å². The molecule has 0 aromatic heterocycles. The maximum atomic E-state index is 2.45. The molecular formula is C54H43N. The number of para-hydroxylation sites is 2. The van der Waals surface area contributed by atoms with Gasteiger partial charge >= 0.3 is 0 Å². The van der Waals surface area contributed by atoms with Gasteiger partial charge in [0.15, 0.2) is 0 Å². The maximum Gasteiger partial charge on any atom is 0.0540 e. The van der Waals surface area contributed by atoms with Crippen LogP contribution in [0, 0.1) is 0 Å². The fourth-order valence-corrected chi connectivity index (χ4v) is 9.23. The summed E-state index contributed by atoms with van der Waals surface area (Å²) >= 11 is 0. The highest BCUT2D eigenvalue weighted by atomic mass is 15.1. The number of fused-ring (bicyclic) bond motifs is 9. The number of rotatable bonds is 5. The number of hydrogen-bond donors (Lipinski definition) is 0. The summed E-state index contributed by atoms with van der Waals surface area (Å²) in [5, 5.41) is 7.71. The fraction of sp³-hybridized carbons (Fsp3) is 0.111. The van der Waals surface area contributed by atoms with E-state index in [4.69, 9.17) is 0 Å². The Bertz CT molecular complexity index is 2900. The molecule has 9 aromatic carbocycles. The monoisotopic (exact) mass is 705 g/mol. The molecule has 10 rings (SSSR count). The van der Waals surface area contributed by atoms with Crippen molar-refractivity contribution in [2.45, 2.75) is 38.5 Å². The molecule has 0 bridgehead atoms. The van der Waals surface area contributed by atoms with E-state index in [9.17, 15) is 0 Å². The summed E-state index contributed by atoms with van der Waals surface area (Å²) in [7, 11) is 0. The van der Waals surface area contributed by atoms with Crippen LogP contribution in [-0.2, 0) is 10.8 Å². The van der Waals surface area contributed by atoms with E-state index in [2.05, 4.69) is 221 Å². The van der Waals surface area contributed by atoms with Crippen LogP contribution in [0.25, 0.3) is 65.7 Å². The Morgan fingerprint density at radius 3 is 1.55 bits per heavy atom. The maximum absolute atomic E-state index is 2.45. The Labute approximate surface area is 324 Å². The Morgan fingerprint density at radius 1 is 0.309 bits per heavy atom. The summed E-state index contributed by atoms with van der Waals surface area (Å²) in [6.45, 7) is 9.62. The van der Waals surface area contributed by atoms with Crippen molar-refractivity contribution in [1.82, 2.24) is 0 Å². The van der Waals surface area contributed by atoms with Crippen molar-refractivity contribution >= 4 is 49.4 Å². The molecule has 0 fully saturated rings. The van der Waals surface area contributed by atoms with Crippen LogP contribution in [0.3, 0.4) is 0 Å². The molecule has 264 valence electrons. The van der Waals surface area contributed by atoms with Crippen molar-refractivity contribution in [2.24, 2.45) is 0 Å². The number of hydrogen-bond acceptors (Lipinski definition) is 1. The van der Waals surface area contributed by atoms with Crippen LogP contribution in [0.1, 0.15) is 38.8 Å². The minimum Gasteiger partial charge on any atom is -0.310 e. The molecule has 0 N–H and O–H groups in total. The van der Waals surface area contributed by atoms with Gasteiger partial charge in [-0.05, 0) is 125 Å². The van der Waals surface area contributed by atoms with Crippen LogP contribution in [0.2, 0.25) is 0 Å². The molecule has 0 saturated carbocycles. The van der Waals surface area contributed by atoms with E-state index >= 15 is 0 Å². The van der Waals surface area contributed by atoms with E-state index in [-0.39, 0.29) is 10.8 Å². The largest absolute Gasteiger partial charge is 0.310 e. The van der Waals surface area contributed by atoms with E-state index in [1.54, 1.807) is 0 Å². The lowest BCUT2D eigenvalue weighted by Crippen LogP contribution is -2.43. The summed E-state index contributed by atoms with van der Waals surface area (Å²) < 4.78 is 0. The topological polar surface area (TPSA) is 3.24 Å². The molecule has 0 unspecified atom stereocenters. The predicted octanol–water partition coefficient (Wildman–Crippen LogP) is 15.2. The highest BCUT2D eigenvalue weighted by Gasteiger charge is 2.45. The highest BCUT2D eigenvalue weighted by Crippen LogP contribution is 2.54. The van der Waals surface area contributed by atoms with Gasteiger partial charge in [-0.1, -0.05) is 173 Å². The molecule has 0 amide bonds. The van der Waals surface area contributed by atoms with Crippen molar-refractivity contribution in [3.63, 3.8) is 0 Å². The van der Waals surface area contributed by atoms with Gasteiger partial charge in [-0.15, -0.1) is 0 Å². The van der Waals surface area contributed by atoms with E-state index < -0.39 is 0 Å². The standard InChI is InChI=1S/C54H43N/c1-53(2)50-27-14-12-26-47(50)48-32-29-37(35-51(48)54(53,3)4)36-17-16-20-40(33-36)55(39-18-6-5-7-19-39)52-28-15-13-21-41(52)38-30-31-46-44-24-9-8-22-42(44)43-23-10-11-25-45(43)49(46)34-38/h5-35H,1-4H3. The van der Waals surface area contributed by atoms with Gasteiger partial charge in [-0.25, -0.2) is 0 Å². The van der Waals surface area contributed by atoms with Crippen LogP contribution in [0.15, 0.2) is 188 Å². The highest BCUT2D eigenvalue weighted by molar-refractivity contribution is 6.25. The van der Waals surface area contributed by atoms with Crippen molar-refractivity contribution in [2.75, 3.05) is 4.90 Å². The zero-order valence-electron chi connectivity index (χ0n) is 31.8. The van der Waals surface area contributed by atoms with Crippen LogP contribution in [-0.4, -0.2) is 0 Å². The third kappa shape index (κ3) is 5.14. The Balaban J connectivity index is 1.13. The Morgan fingerprint density at radius 2 is 0.818 bits per heavy atom. The van der Waals surface area contributed by atoms with Crippen molar-refractivity contribution < 1.29 is 0 Å². The van der Waals surface area contributed by atoms with Gasteiger partial charge in [0, 0.05) is 16.9 Å². The summed E-state index contributed by atoms with van der Waals surface area (Å²) in [6, 6.07) is 69.4. The van der Waals surface area contributed by atoms with E-state index in [0.717, 1.165) is 17.1 Å². The van der Waals surface area contributed by atoms with Gasteiger partial charge in [0.05, 0.1) is 5.69 Å². The SMILES string of the molecule is CC1(C)c2ccccc2-c2ccc(-c3cccc(N(c4ccccc4)c4ccccc4-c4ccc5c6ccccc6c6ccccc6c5c4)c3)cc2C1(C)C. The van der Waals surface area contributed by atoms with Gasteiger partial charge in [0.2, 0.25) is 0 Å². The van der Waals surface area contributed by atoms with Crippen molar-refractivity contribution in [3.05, 3.63) is 199 Å². The molecule has 0 heterocycles. The summed E-state index contributed by atoms with van der Waals surface area (Å²) in [5.74, 6) is 0. The second-order valence-corrected chi connectivity index (χ2v) is 16.1. The molecule has 0 atom stereocenters. The number of benzene rings is 9. The van der Waals surface area contributed by atoms with Crippen LogP contribution >= 0.6 is 0 Å². The first-order chi connectivity index (χ1) is 26.8. The van der Waals surface area contributed by atoms with Gasteiger partial charge in [0.1, 0.15) is 0 Å². The normalized spacial score (nSPS) is 14.1. The third-order valence-corrected chi connectivity index (χ3v) is 12.8. The molecule has 0 spiro atoms. The van der Waals surface area contributed by atoms with Crippen molar-refractivity contribution in [3.8, 4) is 33.4 Å². The van der Waals surface area contributed by atoms with E-state index in [1.807, 2.05) is 0 Å². The van der Waals surface area contributed by atoms with Crippen LogP contribution in [0.4, 0.5) is 17.1 Å². The predicted molar refractivity (Wildman–Crippen MR) is 236 cm³/mol. The summed E-state index contributed by atoms with van der Waals surface area (Å²) in [6.07, 6.45) is 0. The summed E-state index contributed by atoms with van der Waals surface area (Å²) in [4.78, 5) is 2.42. The molecule has 0 radical (unpaired) electrons. The molecule has 1 nitrogen and oxygen atoms in total. The smallest absolute Gasteiger partial charge is 0.0540 e. The number of nitrogens with zero attached hydrogens (tertiary/aromatic N) is 1. The fourth-order valence-electron chi connectivity index (χ4n) is 9.23. The second-order valence-electron chi connectivity index (χ2n) is 16.1.